The van der Waals surface area contributed by atoms with Gasteiger partial charge in [0, 0.05) is 5.69 Å². The molecule has 130 valence electrons. The van der Waals surface area contributed by atoms with E-state index in [4.69, 9.17) is 23.2 Å². The zero-order valence-corrected chi connectivity index (χ0v) is 15.2. The van der Waals surface area contributed by atoms with Crippen LogP contribution in [-0.4, -0.2) is 11.8 Å². The minimum atomic E-state index is -0.343. The first-order valence-corrected chi connectivity index (χ1v) is 8.90. The number of rotatable bonds is 5. The molecule has 2 unspecified atom stereocenters. The lowest BCUT2D eigenvalue weighted by Gasteiger charge is -2.08. The molecule has 0 heterocycles. The van der Waals surface area contributed by atoms with E-state index in [9.17, 15) is 9.59 Å². The molecule has 0 saturated heterocycles. The Morgan fingerprint density at radius 2 is 1.64 bits per heavy atom. The van der Waals surface area contributed by atoms with Crippen molar-refractivity contribution in [1.82, 2.24) is 0 Å². The predicted molar refractivity (Wildman–Crippen MR) is 101 cm³/mol. The van der Waals surface area contributed by atoms with Crippen LogP contribution in [0.5, 0.6) is 0 Å². The summed E-state index contributed by atoms with van der Waals surface area (Å²) in [6, 6.07) is 12.7. The molecule has 1 fully saturated rings. The summed E-state index contributed by atoms with van der Waals surface area (Å²) in [4.78, 5) is 24.6. The highest BCUT2D eigenvalue weighted by Gasteiger charge is 2.48. The molecule has 1 aliphatic rings. The minimum Gasteiger partial charge on any atom is -0.326 e. The standard InChI is InChI=1S/C19H18Cl2N2O2/c1-2-11-6-8-12(9-7-11)22-18(24)13-10-14(13)19(25)23-16-5-3-4-15(20)17(16)21/h3-9,13-14H,2,10H2,1H3,(H,22,24)(H,23,25). The average molecular weight is 377 g/mol. The number of aryl methyl sites for hydroxylation is 1. The summed E-state index contributed by atoms with van der Waals surface area (Å²) in [7, 11) is 0. The van der Waals surface area contributed by atoms with Crippen LogP contribution in [0.25, 0.3) is 0 Å². The van der Waals surface area contributed by atoms with Crippen LogP contribution < -0.4 is 10.6 Å². The summed E-state index contributed by atoms with van der Waals surface area (Å²) in [5.41, 5.74) is 2.41. The number of amides is 2. The Bertz CT molecular complexity index is 806. The maximum atomic E-state index is 12.3. The molecule has 1 aliphatic carbocycles. The number of hydrogen-bond acceptors (Lipinski definition) is 2. The van der Waals surface area contributed by atoms with E-state index in [2.05, 4.69) is 17.6 Å². The average Bonchev–Trinajstić information content (AvgIpc) is 3.40. The Hall–Kier alpha value is -2.04. The Balaban J connectivity index is 1.56. The maximum Gasteiger partial charge on any atom is 0.228 e. The highest BCUT2D eigenvalue weighted by molar-refractivity contribution is 6.44. The van der Waals surface area contributed by atoms with Gasteiger partial charge in [-0.2, -0.15) is 0 Å². The fraction of sp³-hybridized carbons (Fsp3) is 0.263. The highest BCUT2D eigenvalue weighted by Crippen LogP contribution is 2.41. The van der Waals surface area contributed by atoms with Crippen molar-refractivity contribution in [2.75, 3.05) is 10.6 Å². The van der Waals surface area contributed by atoms with E-state index in [0.29, 0.717) is 22.2 Å². The Labute approximate surface area is 156 Å². The monoisotopic (exact) mass is 376 g/mol. The molecule has 3 rings (SSSR count). The zero-order valence-electron chi connectivity index (χ0n) is 13.7. The first-order valence-electron chi connectivity index (χ1n) is 8.14. The molecule has 2 amide bonds. The number of carbonyl (C=O) groups is 2. The number of benzene rings is 2. The summed E-state index contributed by atoms with van der Waals surface area (Å²) in [6.45, 7) is 2.08. The molecule has 0 aromatic heterocycles. The lowest BCUT2D eigenvalue weighted by molar-refractivity contribution is -0.122. The summed E-state index contributed by atoms with van der Waals surface area (Å²) >= 11 is 12.0. The highest BCUT2D eigenvalue weighted by atomic mass is 35.5. The van der Waals surface area contributed by atoms with Gasteiger partial charge in [0.2, 0.25) is 11.8 Å². The maximum absolute atomic E-state index is 12.3. The van der Waals surface area contributed by atoms with Gasteiger partial charge in [-0.1, -0.05) is 48.3 Å². The molecule has 1 saturated carbocycles. The molecule has 2 aromatic rings. The van der Waals surface area contributed by atoms with Gasteiger partial charge in [0.15, 0.2) is 0 Å². The summed E-state index contributed by atoms with van der Waals surface area (Å²) in [5.74, 6) is -1.01. The molecule has 6 heteroatoms. The fourth-order valence-electron chi connectivity index (χ4n) is 2.66. The Kier molecular flexibility index (Phi) is 5.30. The van der Waals surface area contributed by atoms with Crippen LogP contribution in [0.1, 0.15) is 18.9 Å². The van der Waals surface area contributed by atoms with Crippen LogP contribution in [0.3, 0.4) is 0 Å². The Morgan fingerprint density at radius 1 is 1.00 bits per heavy atom. The van der Waals surface area contributed by atoms with Gasteiger partial charge >= 0.3 is 0 Å². The van der Waals surface area contributed by atoms with E-state index >= 15 is 0 Å². The van der Waals surface area contributed by atoms with Gasteiger partial charge in [0.1, 0.15) is 0 Å². The van der Waals surface area contributed by atoms with E-state index in [1.54, 1.807) is 18.2 Å². The SMILES string of the molecule is CCc1ccc(NC(=O)C2CC2C(=O)Nc2cccc(Cl)c2Cl)cc1. The second-order valence-electron chi connectivity index (χ2n) is 6.08. The molecule has 0 radical (unpaired) electrons. The second kappa shape index (κ2) is 7.46. The number of halogens is 2. The molecule has 25 heavy (non-hydrogen) atoms. The second-order valence-corrected chi connectivity index (χ2v) is 6.86. The van der Waals surface area contributed by atoms with Crippen LogP contribution in [0, 0.1) is 11.8 Å². The summed E-state index contributed by atoms with van der Waals surface area (Å²) < 4.78 is 0. The molecule has 2 atom stereocenters. The van der Waals surface area contributed by atoms with Gasteiger partial charge in [-0.05, 0) is 42.7 Å². The lowest BCUT2D eigenvalue weighted by Crippen LogP contribution is -2.20. The topological polar surface area (TPSA) is 58.2 Å². The van der Waals surface area contributed by atoms with Gasteiger partial charge in [-0.3, -0.25) is 9.59 Å². The summed E-state index contributed by atoms with van der Waals surface area (Å²) in [6.07, 6.45) is 1.48. The van der Waals surface area contributed by atoms with Gasteiger partial charge < -0.3 is 10.6 Å². The van der Waals surface area contributed by atoms with Crippen molar-refractivity contribution in [2.24, 2.45) is 11.8 Å². The van der Waals surface area contributed by atoms with E-state index in [-0.39, 0.29) is 23.7 Å². The smallest absolute Gasteiger partial charge is 0.228 e. The van der Waals surface area contributed by atoms with Gasteiger partial charge in [0.05, 0.1) is 27.6 Å². The first-order chi connectivity index (χ1) is 12.0. The van der Waals surface area contributed by atoms with E-state index in [0.717, 1.165) is 12.1 Å². The quantitative estimate of drug-likeness (QED) is 0.789. The third-order valence-electron chi connectivity index (χ3n) is 4.30. The number of carbonyl (C=O) groups excluding carboxylic acids is 2. The summed E-state index contributed by atoms with van der Waals surface area (Å²) in [5, 5.41) is 6.28. The van der Waals surface area contributed by atoms with Crippen molar-refractivity contribution in [3.05, 3.63) is 58.1 Å². The van der Waals surface area contributed by atoms with Crippen molar-refractivity contribution in [3.63, 3.8) is 0 Å². The van der Waals surface area contributed by atoms with Gasteiger partial charge in [-0.15, -0.1) is 0 Å². The molecule has 2 N–H and O–H groups in total. The number of hydrogen-bond donors (Lipinski definition) is 2. The lowest BCUT2D eigenvalue weighted by atomic mass is 10.1. The van der Waals surface area contributed by atoms with E-state index < -0.39 is 0 Å². The van der Waals surface area contributed by atoms with Crippen LogP contribution >= 0.6 is 23.2 Å². The molecule has 2 aromatic carbocycles. The fourth-order valence-corrected chi connectivity index (χ4v) is 3.01. The van der Waals surface area contributed by atoms with Gasteiger partial charge in [-0.25, -0.2) is 0 Å². The van der Waals surface area contributed by atoms with Crippen LogP contribution in [-0.2, 0) is 16.0 Å². The third-order valence-corrected chi connectivity index (χ3v) is 5.12. The molecule has 4 nitrogen and oxygen atoms in total. The van der Waals surface area contributed by atoms with E-state index in [1.165, 1.54) is 5.56 Å². The first kappa shape index (κ1) is 17.8. The third kappa shape index (κ3) is 4.14. The number of nitrogens with one attached hydrogen (secondary N) is 2. The molecular formula is C19H18Cl2N2O2. The molecule has 0 spiro atoms. The van der Waals surface area contributed by atoms with E-state index in [1.807, 2.05) is 24.3 Å². The van der Waals surface area contributed by atoms with Crippen molar-refractivity contribution in [2.45, 2.75) is 19.8 Å². The Morgan fingerprint density at radius 3 is 2.28 bits per heavy atom. The number of anilines is 2. The normalized spacial score (nSPS) is 18.5. The minimum absolute atomic E-state index is 0.137. The van der Waals surface area contributed by atoms with Crippen molar-refractivity contribution >= 4 is 46.4 Å². The molecule has 0 aliphatic heterocycles. The molecular weight excluding hydrogens is 359 g/mol. The van der Waals surface area contributed by atoms with Crippen molar-refractivity contribution in [3.8, 4) is 0 Å². The largest absolute Gasteiger partial charge is 0.326 e. The van der Waals surface area contributed by atoms with Crippen molar-refractivity contribution in [1.29, 1.82) is 0 Å². The molecule has 0 bridgehead atoms. The predicted octanol–water partition coefficient (Wildman–Crippen LogP) is 4.77. The zero-order chi connectivity index (χ0) is 18.0. The van der Waals surface area contributed by atoms with Crippen LogP contribution in [0.4, 0.5) is 11.4 Å². The van der Waals surface area contributed by atoms with Gasteiger partial charge in [0.25, 0.3) is 0 Å². The van der Waals surface area contributed by atoms with Crippen molar-refractivity contribution < 1.29 is 9.59 Å². The van der Waals surface area contributed by atoms with Crippen LogP contribution in [0.15, 0.2) is 42.5 Å². The van der Waals surface area contributed by atoms with Crippen LogP contribution in [0.2, 0.25) is 10.0 Å².